The summed E-state index contributed by atoms with van der Waals surface area (Å²) in [6.45, 7) is 11.3. The molecule has 2 fully saturated rings. The molecule has 0 aromatic heterocycles. The van der Waals surface area contributed by atoms with Crippen molar-refractivity contribution in [2.24, 2.45) is 0 Å². The summed E-state index contributed by atoms with van der Waals surface area (Å²) in [4.78, 5) is 17.5. The Kier molecular flexibility index (Phi) is 5.80. The quantitative estimate of drug-likeness (QED) is 0.909. The van der Waals surface area contributed by atoms with E-state index in [0.717, 1.165) is 37.9 Å². The Morgan fingerprint density at radius 3 is 2.36 bits per heavy atom. The SMILES string of the molecule is CC(C)(C)c1ccccc1NC(=O)CN1CCN(C2CCCC2)CC1. The van der Waals surface area contributed by atoms with Crippen LogP contribution in [-0.4, -0.2) is 54.5 Å². The Labute approximate surface area is 152 Å². The van der Waals surface area contributed by atoms with Crippen LogP contribution in [0.5, 0.6) is 0 Å². The molecule has 1 N–H and O–H groups in total. The summed E-state index contributed by atoms with van der Waals surface area (Å²) < 4.78 is 0. The molecular formula is C21H33N3O. The van der Waals surface area contributed by atoms with Crippen LogP contribution in [0.1, 0.15) is 52.0 Å². The van der Waals surface area contributed by atoms with Crippen molar-refractivity contribution in [1.29, 1.82) is 0 Å². The first-order valence-corrected chi connectivity index (χ1v) is 9.79. The number of carbonyl (C=O) groups excluding carboxylic acids is 1. The molecule has 1 amide bonds. The zero-order valence-electron chi connectivity index (χ0n) is 16.1. The van der Waals surface area contributed by atoms with Crippen molar-refractivity contribution >= 4 is 11.6 Å². The number of benzene rings is 1. The molecule has 2 aliphatic rings. The molecule has 138 valence electrons. The number of nitrogens with zero attached hydrogens (tertiary/aromatic N) is 2. The normalized spacial score (nSPS) is 20.8. The number of amides is 1. The number of nitrogens with one attached hydrogen (secondary N) is 1. The van der Waals surface area contributed by atoms with Gasteiger partial charge in [-0.15, -0.1) is 0 Å². The summed E-state index contributed by atoms with van der Waals surface area (Å²) in [6, 6.07) is 8.95. The molecule has 25 heavy (non-hydrogen) atoms. The van der Waals surface area contributed by atoms with E-state index < -0.39 is 0 Å². The summed E-state index contributed by atoms with van der Waals surface area (Å²) >= 11 is 0. The standard InChI is InChI=1S/C21H33N3O/c1-21(2,3)18-10-6-7-11-19(18)22-20(25)16-23-12-14-24(15-13-23)17-8-4-5-9-17/h6-7,10-11,17H,4-5,8-9,12-16H2,1-3H3,(H,22,25). The monoisotopic (exact) mass is 343 g/mol. The van der Waals surface area contributed by atoms with Gasteiger partial charge < -0.3 is 5.32 Å². The predicted octanol–water partition coefficient (Wildman–Crippen LogP) is 3.48. The number of anilines is 1. The van der Waals surface area contributed by atoms with Gasteiger partial charge in [-0.1, -0.05) is 51.8 Å². The molecule has 1 aromatic rings. The van der Waals surface area contributed by atoms with Crippen molar-refractivity contribution in [1.82, 2.24) is 9.80 Å². The molecule has 0 radical (unpaired) electrons. The average molecular weight is 344 g/mol. The van der Waals surface area contributed by atoms with Crippen LogP contribution in [0.25, 0.3) is 0 Å². The van der Waals surface area contributed by atoms with Crippen LogP contribution in [0.3, 0.4) is 0 Å². The fourth-order valence-electron chi connectivity index (χ4n) is 4.19. The minimum atomic E-state index is 0.0246. The Morgan fingerprint density at radius 2 is 1.72 bits per heavy atom. The van der Waals surface area contributed by atoms with E-state index in [4.69, 9.17) is 0 Å². The average Bonchev–Trinajstić information content (AvgIpc) is 3.09. The van der Waals surface area contributed by atoms with Gasteiger partial charge in [0.15, 0.2) is 0 Å². The highest BCUT2D eigenvalue weighted by molar-refractivity contribution is 5.93. The van der Waals surface area contributed by atoms with Crippen molar-refractivity contribution in [3.63, 3.8) is 0 Å². The van der Waals surface area contributed by atoms with E-state index in [9.17, 15) is 4.79 Å². The first kappa shape index (κ1) is 18.4. The smallest absolute Gasteiger partial charge is 0.238 e. The van der Waals surface area contributed by atoms with Crippen molar-refractivity contribution in [2.75, 3.05) is 38.0 Å². The molecule has 1 aromatic carbocycles. The van der Waals surface area contributed by atoms with Gasteiger partial charge in [-0.05, 0) is 29.9 Å². The zero-order chi connectivity index (χ0) is 17.9. The molecule has 1 heterocycles. The number of rotatable bonds is 4. The van der Waals surface area contributed by atoms with Gasteiger partial charge in [0.25, 0.3) is 0 Å². The third-order valence-electron chi connectivity index (χ3n) is 5.62. The van der Waals surface area contributed by atoms with Crippen LogP contribution in [-0.2, 0) is 10.2 Å². The maximum absolute atomic E-state index is 12.5. The highest BCUT2D eigenvalue weighted by Gasteiger charge is 2.27. The summed E-state index contributed by atoms with van der Waals surface area (Å²) in [5, 5.41) is 3.14. The molecule has 3 rings (SSSR count). The zero-order valence-corrected chi connectivity index (χ0v) is 16.1. The molecule has 0 bridgehead atoms. The van der Waals surface area contributed by atoms with Gasteiger partial charge in [0, 0.05) is 37.9 Å². The molecule has 1 saturated heterocycles. The molecular weight excluding hydrogens is 310 g/mol. The van der Waals surface area contributed by atoms with Gasteiger partial charge in [-0.25, -0.2) is 0 Å². The third-order valence-corrected chi connectivity index (χ3v) is 5.62. The molecule has 0 spiro atoms. The maximum atomic E-state index is 12.5. The summed E-state index contributed by atoms with van der Waals surface area (Å²) in [7, 11) is 0. The molecule has 1 aliphatic heterocycles. The van der Waals surface area contributed by atoms with Gasteiger partial charge in [-0.3, -0.25) is 14.6 Å². The minimum Gasteiger partial charge on any atom is -0.325 e. The predicted molar refractivity (Wildman–Crippen MR) is 104 cm³/mol. The summed E-state index contributed by atoms with van der Waals surface area (Å²) in [5.74, 6) is 0.103. The van der Waals surface area contributed by atoms with Crippen molar-refractivity contribution in [2.45, 2.75) is 57.9 Å². The number of hydrogen-bond donors (Lipinski definition) is 1. The van der Waals surface area contributed by atoms with E-state index >= 15 is 0 Å². The molecule has 1 saturated carbocycles. The van der Waals surface area contributed by atoms with Gasteiger partial charge in [0.2, 0.25) is 5.91 Å². The Balaban J connectivity index is 1.51. The lowest BCUT2D eigenvalue weighted by Gasteiger charge is -2.37. The van der Waals surface area contributed by atoms with E-state index in [-0.39, 0.29) is 11.3 Å². The number of carbonyl (C=O) groups is 1. The van der Waals surface area contributed by atoms with Crippen LogP contribution in [0.4, 0.5) is 5.69 Å². The second-order valence-corrected chi connectivity index (χ2v) is 8.59. The topological polar surface area (TPSA) is 35.6 Å². The second kappa shape index (κ2) is 7.88. The first-order chi connectivity index (χ1) is 11.9. The van der Waals surface area contributed by atoms with E-state index in [2.05, 4.69) is 42.0 Å². The Hall–Kier alpha value is -1.39. The number of para-hydroxylation sites is 1. The van der Waals surface area contributed by atoms with Gasteiger partial charge in [0.05, 0.1) is 6.54 Å². The largest absolute Gasteiger partial charge is 0.325 e. The molecule has 4 nitrogen and oxygen atoms in total. The lowest BCUT2D eigenvalue weighted by atomic mass is 9.86. The van der Waals surface area contributed by atoms with Crippen LogP contribution in [0.2, 0.25) is 0 Å². The molecule has 1 aliphatic carbocycles. The van der Waals surface area contributed by atoms with Crippen molar-refractivity contribution in [3.8, 4) is 0 Å². The number of piperazine rings is 1. The second-order valence-electron chi connectivity index (χ2n) is 8.59. The fraction of sp³-hybridized carbons (Fsp3) is 0.667. The molecule has 0 unspecified atom stereocenters. The fourth-order valence-corrected chi connectivity index (χ4v) is 4.19. The van der Waals surface area contributed by atoms with E-state index in [1.807, 2.05) is 18.2 Å². The van der Waals surface area contributed by atoms with Crippen molar-refractivity contribution in [3.05, 3.63) is 29.8 Å². The van der Waals surface area contributed by atoms with Crippen LogP contribution >= 0.6 is 0 Å². The first-order valence-electron chi connectivity index (χ1n) is 9.79. The highest BCUT2D eigenvalue weighted by atomic mass is 16.2. The van der Waals surface area contributed by atoms with E-state index in [1.54, 1.807) is 0 Å². The van der Waals surface area contributed by atoms with Gasteiger partial charge in [0.1, 0.15) is 0 Å². The molecule has 4 heteroatoms. The third kappa shape index (κ3) is 4.83. The minimum absolute atomic E-state index is 0.0246. The van der Waals surface area contributed by atoms with Crippen LogP contribution in [0.15, 0.2) is 24.3 Å². The van der Waals surface area contributed by atoms with Crippen LogP contribution < -0.4 is 5.32 Å². The van der Waals surface area contributed by atoms with E-state index in [1.165, 1.54) is 31.2 Å². The number of hydrogen-bond acceptors (Lipinski definition) is 3. The Morgan fingerprint density at radius 1 is 1.08 bits per heavy atom. The molecule has 0 atom stereocenters. The summed E-state index contributed by atoms with van der Waals surface area (Å²) in [5.41, 5.74) is 2.16. The Bertz CT molecular complexity index is 579. The van der Waals surface area contributed by atoms with Gasteiger partial charge >= 0.3 is 0 Å². The van der Waals surface area contributed by atoms with Crippen molar-refractivity contribution < 1.29 is 4.79 Å². The lowest BCUT2D eigenvalue weighted by Crippen LogP contribution is -2.51. The van der Waals surface area contributed by atoms with Crippen LogP contribution in [0, 0.1) is 0 Å². The highest BCUT2D eigenvalue weighted by Crippen LogP contribution is 2.29. The van der Waals surface area contributed by atoms with E-state index in [0.29, 0.717) is 6.54 Å². The maximum Gasteiger partial charge on any atom is 0.238 e. The summed E-state index contributed by atoms with van der Waals surface area (Å²) in [6.07, 6.45) is 5.51. The lowest BCUT2D eigenvalue weighted by molar-refractivity contribution is -0.117. The van der Waals surface area contributed by atoms with Gasteiger partial charge in [-0.2, -0.15) is 0 Å².